The van der Waals surface area contributed by atoms with Gasteiger partial charge in [-0.1, -0.05) is 62.3 Å². The van der Waals surface area contributed by atoms with Crippen molar-refractivity contribution in [2.24, 2.45) is 0 Å². The summed E-state index contributed by atoms with van der Waals surface area (Å²) >= 11 is 6.22. The van der Waals surface area contributed by atoms with Crippen molar-refractivity contribution in [2.45, 2.75) is 81.8 Å². The van der Waals surface area contributed by atoms with Gasteiger partial charge in [0.05, 0.1) is 5.60 Å². The summed E-state index contributed by atoms with van der Waals surface area (Å²) in [6, 6.07) is 8.73. The number of halogens is 1. The number of benzene rings is 1. The fourth-order valence-corrected chi connectivity index (χ4v) is 4.64. The van der Waals surface area contributed by atoms with E-state index in [1.54, 1.807) is 0 Å². The first-order chi connectivity index (χ1) is 11.2. The topological polar surface area (TPSA) is 32.3 Å². The van der Waals surface area contributed by atoms with Crippen LogP contribution >= 0.6 is 11.6 Å². The van der Waals surface area contributed by atoms with Gasteiger partial charge in [0, 0.05) is 23.5 Å². The van der Waals surface area contributed by atoms with E-state index in [4.69, 9.17) is 11.6 Å². The highest BCUT2D eigenvalue weighted by atomic mass is 35.5. The zero-order valence-electron chi connectivity index (χ0n) is 14.1. The van der Waals surface area contributed by atoms with Gasteiger partial charge in [0.25, 0.3) is 0 Å². The Labute approximate surface area is 145 Å². The van der Waals surface area contributed by atoms with Crippen LogP contribution in [0.3, 0.4) is 0 Å². The van der Waals surface area contributed by atoms with E-state index in [2.05, 4.69) is 11.4 Å². The van der Waals surface area contributed by atoms with Crippen molar-refractivity contribution in [3.8, 4) is 0 Å². The highest BCUT2D eigenvalue weighted by molar-refractivity contribution is 6.30. The highest BCUT2D eigenvalue weighted by Gasteiger charge is 2.38. The van der Waals surface area contributed by atoms with Crippen LogP contribution in [0.4, 0.5) is 0 Å². The van der Waals surface area contributed by atoms with E-state index >= 15 is 0 Å². The van der Waals surface area contributed by atoms with Crippen molar-refractivity contribution in [3.63, 3.8) is 0 Å². The molecule has 3 rings (SSSR count). The molecule has 0 bridgehead atoms. The molecule has 2 nitrogen and oxygen atoms in total. The van der Waals surface area contributed by atoms with Crippen molar-refractivity contribution in [1.29, 1.82) is 0 Å². The van der Waals surface area contributed by atoms with Gasteiger partial charge < -0.3 is 10.4 Å². The van der Waals surface area contributed by atoms with E-state index in [-0.39, 0.29) is 5.92 Å². The average molecular weight is 336 g/mol. The van der Waals surface area contributed by atoms with Gasteiger partial charge in [0.2, 0.25) is 0 Å². The highest BCUT2D eigenvalue weighted by Crippen LogP contribution is 2.40. The second-order valence-electron chi connectivity index (χ2n) is 7.52. The Balaban J connectivity index is 1.75. The summed E-state index contributed by atoms with van der Waals surface area (Å²) in [6.07, 6.45) is 12.0. The second kappa shape index (κ2) is 8.00. The fourth-order valence-electron chi connectivity index (χ4n) is 4.45. The number of hydrogen-bond donors (Lipinski definition) is 2. The first kappa shape index (κ1) is 17.3. The molecule has 3 heteroatoms. The quantitative estimate of drug-likeness (QED) is 0.790. The van der Waals surface area contributed by atoms with Crippen LogP contribution in [-0.2, 0) is 0 Å². The lowest BCUT2D eigenvalue weighted by atomic mass is 9.72. The molecule has 2 aliphatic rings. The minimum Gasteiger partial charge on any atom is -0.389 e. The smallest absolute Gasteiger partial charge is 0.0728 e. The van der Waals surface area contributed by atoms with Gasteiger partial charge in [-0.3, -0.25) is 0 Å². The molecule has 2 N–H and O–H groups in total. The van der Waals surface area contributed by atoms with Crippen LogP contribution in [0.15, 0.2) is 24.3 Å². The Morgan fingerprint density at radius 3 is 2.48 bits per heavy atom. The second-order valence-corrected chi connectivity index (χ2v) is 7.95. The monoisotopic (exact) mass is 335 g/mol. The Morgan fingerprint density at radius 1 is 1.09 bits per heavy atom. The number of rotatable bonds is 5. The molecule has 0 radical (unpaired) electrons. The molecule has 1 aromatic carbocycles. The molecule has 0 spiro atoms. The molecule has 23 heavy (non-hydrogen) atoms. The van der Waals surface area contributed by atoms with Gasteiger partial charge in [-0.05, 0) is 43.4 Å². The normalized spacial score (nSPS) is 23.6. The minimum absolute atomic E-state index is 0.142. The Kier molecular flexibility index (Phi) is 6.01. The van der Waals surface area contributed by atoms with E-state index < -0.39 is 5.60 Å². The fraction of sp³-hybridized carbons (Fsp3) is 0.700. The zero-order valence-corrected chi connectivity index (χ0v) is 14.8. The molecule has 128 valence electrons. The molecule has 0 aromatic heterocycles. The van der Waals surface area contributed by atoms with E-state index in [0.717, 1.165) is 37.3 Å². The Morgan fingerprint density at radius 2 is 1.78 bits per heavy atom. The van der Waals surface area contributed by atoms with Crippen molar-refractivity contribution < 1.29 is 5.11 Å². The lowest BCUT2D eigenvalue weighted by Gasteiger charge is -2.40. The van der Waals surface area contributed by atoms with Gasteiger partial charge in [-0.2, -0.15) is 0 Å². The molecule has 1 aromatic rings. The maximum Gasteiger partial charge on any atom is 0.0728 e. The van der Waals surface area contributed by atoms with E-state index in [0.29, 0.717) is 6.04 Å². The molecular weight excluding hydrogens is 306 g/mol. The predicted octanol–water partition coefficient (Wildman–Crippen LogP) is 5.04. The van der Waals surface area contributed by atoms with Gasteiger partial charge in [-0.15, -0.1) is 0 Å². The van der Waals surface area contributed by atoms with Crippen LogP contribution in [0.2, 0.25) is 5.02 Å². The van der Waals surface area contributed by atoms with Crippen LogP contribution in [0.25, 0.3) is 0 Å². The molecule has 0 heterocycles. The third kappa shape index (κ3) is 4.49. The summed E-state index contributed by atoms with van der Waals surface area (Å²) < 4.78 is 0. The summed E-state index contributed by atoms with van der Waals surface area (Å²) in [7, 11) is 0. The number of hydrogen-bond acceptors (Lipinski definition) is 2. The lowest BCUT2D eigenvalue weighted by molar-refractivity contribution is -0.0223. The number of nitrogens with one attached hydrogen (secondary N) is 1. The Hall–Kier alpha value is -0.570. The maximum atomic E-state index is 11.3. The van der Waals surface area contributed by atoms with Crippen LogP contribution in [0.1, 0.15) is 75.7 Å². The number of aliphatic hydroxyl groups is 1. The largest absolute Gasteiger partial charge is 0.389 e. The molecule has 1 atom stereocenters. The van der Waals surface area contributed by atoms with Crippen molar-refractivity contribution in [2.75, 3.05) is 6.54 Å². The lowest BCUT2D eigenvalue weighted by Crippen LogP contribution is -2.45. The molecule has 0 amide bonds. The van der Waals surface area contributed by atoms with Crippen LogP contribution in [0, 0.1) is 0 Å². The SMILES string of the molecule is OC1(C(CNC2CCCCC2)c2cccc(Cl)c2)CCCCC1. The van der Waals surface area contributed by atoms with Crippen molar-refractivity contribution in [3.05, 3.63) is 34.9 Å². The van der Waals surface area contributed by atoms with Crippen molar-refractivity contribution in [1.82, 2.24) is 5.32 Å². The molecule has 2 fully saturated rings. The molecular formula is C20H30ClNO. The standard InChI is InChI=1S/C20H30ClNO/c21-17-9-7-8-16(14-17)19(20(23)12-5-2-6-13-20)15-22-18-10-3-1-4-11-18/h7-9,14,18-19,22-23H,1-6,10-13,15H2. The van der Waals surface area contributed by atoms with Crippen LogP contribution in [-0.4, -0.2) is 23.3 Å². The summed E-state index contributed by atoms with van der Waals surface area (Å²) in [5.74, 6) is 0.142. The van der Waals surface area contributed by atoms with E-state index in [1.165, 1.54) is 44.1 Å². The summed E-state index contributed by atoms with van der Waals surface area (Å²) in [4.78, 5) is 0. The summed E-state index contributed by atoms with van der Waals surface area (Å²) in [6.45, 7) is 0.863. The van der Waals surface area contributed by atoms with Crippen LogP contribution < -0.4 is 5.32 Å². The minimum atomic E-state index is -0.579. The molecule has 0 aliphatic heterocycles. The first-order valence-corrected chi connectivity index (χ1v) is 9.76. The van der Waals surface area contributed by atoms with E-state index in [9.17, 15) is 5.11 Å². The summed E-state index contributed by atoms with van der Waals surface area (Å²) in [5, 5.41) is 15.8. The third-order valence-electron chi connectivity index (χ3n) is 5.83. The molecule has 2 saturated carbocycles. The molecule has 0 saturated heterocycles. The molecule has 2 aliphatic carbocycles. The average Bonchev–Trinajstić information content (AvgIpc) is 2.56. The van der Waals surface area contributed by atoms with E-state index in [1.807, 2.05) is 18.2 Å². The summed E-state index contributed by atoms with van der Waals surface area (Å²) in [5.41, 5.74) is 0.607. The first-order valence-electron chi connectivity index (χ1n) is 9.39. The zero-order chi connectivity index (χ0) is 16.1. The van der Waals surface area contributed by atoms with Crippen molar-refractivity contribution >= 4 is 11.6 Å². The van der Waals surface area contributed by atoms with Crippen LogP contribution in [0.5, 0.6) is 0 Å². The predicted molar refractivity (Wildman–Crippen MR) is 97.1 cm³/mol. The van der Waals surface area contributed by atoms with Gasteiger partial charge in [0.15, 0.2) is 0 Å². The van der Waals surface area contributed by atoms with Gasteiger partial charge in [0.1, 0.15) is 0 Å². The third-order valence-corrected chi connectivity index (χ3v) is 6.07. The van der Waals surface area contributed by atoms with Gasteiger partial charge in [-0.25, -0.2) is 0 Å². The maximum absolute atomic E-state index is 11.3. The van der Waals surface area contributed by atoms with Gasteiger partial charge >= 0.3 is 0 Å². The molecule has 1 unspecified atom stereocenters. The Bertz CT molecular complexity index is 492.